The minimum absolute atomic E-state index is 0.00892. The second-order valence-electron chi connectivity index (χ2n) is 7.08. The Kier molecular flexibility index (Phi) is 4.76. The molecule has 1 heterocycles. The maximum absolute atomic E-state index is 13.5. The van der Waals surface area contributed by atoms with Crippen molar-refractivity contribution in [3.63, 3.8) is 0 Å². The zero-order chi connectivity index (χ0) is 19.1. The van der Waals surface area contributed by atoms with E-state index in [-0.39, 0.29) is 18.2 Å². The van der Waals surface area contributed by atoms with Gasteiger partial charge < -0.3 is 5.32 Å². The van der Waals surface area contributed by atoms with Crippen LogP contribution in [0.4, 0.5) is 19.9 Å². The SMILES string of the molecule is FSn1nc(Sc2cccc(F)c2)nc1Nc1c2c(cc3c1CCC3)CCC2. The van der Waals surface area contributed by atoms with E-state index >= 15 is 0 Å². The van der Waals surface area contributed by atoms with Crippen LogP contribution in [0.3, 0.4) is 0 Å². The van der Waals surface area contributed by atoms with Crippen LogP contribution in [0.2, 0.25) is 0 Å². The van der Waals surface area contributed by atoms with Gasteiger partial charge in [-0.15, -0.1) is 13.1 Å². The summed E-state index contributed by atoms with van der Waals surface area (Å²) in [5, 5.41) is 7.97. The highest BCUT2D eigenvalue weighted by atomic mass is 32.2. The molecule has 0 saturated carbocycles. The van der Waals surface area contributed by atoms with Crippen molar-refractivity contribution in [3.8, 4) is 0 Å². The van der Waals surface area contributed by atoms with E-state index in [4.69, 9.17) is 0 Å². The minimum atomic E-state index is -0.321. The zero-order valence-corrected chi connectivity index (χ0v) is 16.7. The summed E-state index contributed by atoms with van der Waals surface area (Å²) >= 11 is 1.22. The van der Waals surface area contributed by atoms with Gasteiger partial charge in [0.1, 0.15) is 5.82 Å². The lowest BCUT2D eigenvalue weighted by Gasteiger charge is -2.16. The lowest BCUT2D eigenvalue weighted by molar-refractivity contribution is 0.624. The second kappa shape index (κ2) is 7.40. The van der Waals surface area contributed by atoms with Gasteiger partial charge in [0.05, 0.1) is 0 Å². The number of hydrogen-bond acceptors (Lipinski definition) is 5. The molecule has 0 radical (unpaired) electrons. The monoisotopic (exact) mass is 416 g/mol. The quantitative estimate of drug-likeness (QED) is 0.580. The predicted molar refractivity (Wildman–Crippen MR) is 108 cm³/mol. The molecule has 0 aliphatic heterocycles. The molecule has 2 aliphatic carbocycles. The standard InChI is InChI=1S/C20H18F2N4S2/c21-14-6-3-7-15(11-14)27-20-24-19(26(25-20)28-22)23-18-16-8-1-4-12(16)10-13-5-2-9-17(13)18/h3,6-7,10-11H,1-2,4-5,8-9H2,(H,23,24,25). The number of anilines is 2. The topological polar surface area (TPSA) is 42.7 Å². The molecule has 5 rings (SSSR count). The van der Waals surface area contributed by atoms with Crippen molar-refractivity contribution in [2.45, 2.75) is 48.6 Å². The van der Waals surface area contributed by atoms with Gasteiger partial charge in [-0.2, -0.15) is 4.98 Å². The molecular formula is C20H18F2N4S2. The lowest BCUT2D eigenvalue weighted by Crippen LogP contribution is -2.05. The van der Waals surface area contributed by atoms with Gasteiger partial charge in [0, 0.05) is 10.6 Å². The number of halogens is 2. The Labute approximate surface area is 170 Å². The molecule has 0 saturated heterocycles. The molecule has 0 amide bonds. The summed E-state index contributed by atoms with van der Waals surface area (Å²) in [5.41, 5.74) is 6.55. The van der Waals surface area contributed by atoms with E-state index < -0.39 is 0 Å². The third kappa shape index (κ3) is 3.28. The van der Waals surface area contributed by atoms with E-state index in [1.165, 1.54) is 46.1 Å². The number of aryl methyl sites for hydroxylation is 2. The molecule has 0 unspecified atom stereocenters. The first kappa shape index (κ1) is 18.0. The van der Waals surface area contributed by atoms with Gasteiger partial charge in [0.15, 0.2) is 12.3 Å². The minimum Gasteiger partial charge on any atom is -0.323 e. The van der Waals surface area contributed by atoms with Crippen LogP contribution in [-0.2, 0) is 25.7 Å². The van der Waals surface area contributed by atoms with Crippen LogP contribution in [0, 0.1) is 5.82 Å². The summed E-state index contributed by atoms with van der Waals surface area (Å²) in [7, 11) is 0. The molecule has 0 spiro atoms. The van der Waals surface area contributed by atoms with Crippen molar-refractivity contribution in [3.05, 3.63) is 58.4 Å². The van der Waals surface area contributed by atoms with Gasteiger partial charge >= 0.3 is 0 Å². The largest absolute Gasteiger partial charge is 0.323 e. The molecule has 144 valence electrons. The Hall–Kier alpha value is -2.06. The van der Waals surface area contributed by atoms with Gasteiger partial charge in [-0.3, -0.25) is 0 Å². The van der Waals surface area contributed by atoms with E-state index in [1.54, 1.807) is 12.1 Å². The highest BCUT2D eigenvalue weighted by molar-refractivity contribution is 7.99. The smallest absolute Gasteiger partial charge is 0.239 e. The molecule has 1 aromatic heterocycles. The molecule has 0 atom stereocenters. The molecule has 1 N–H and O–H groups in total. The van der Waals surface area contributed by atoms with Crippen LogP contribution in [0.1, 0.15) is 35.1 Å². The van der Waals surface area contributed by atoms with Gasteiger partial charge in [0.2, 0.25) is 11.1 Å². The van der Waals surface area contributed by atoms with E-state index in [0.717, 1.165) is 48.3 Å². The fraction of sp³-hybridized carbons (Fsp3) is 0.300. The third-order valence-electron chi connectivity index (χ3n) is 5.34. The number of rotatable bonds is 5. The number of fused-ring (bicyclic) bond motifs is 2. The molecule has 2 aliphatic rings. The first-order chi connectivity index (χ1) is 13.7. The van der Waals surface area contributed by atoms with Crippen molar-refractivity contribution in [2.24, 2.45) is 0 Å². The molecule has 0 fully saturated rings. The number of aromatic nitrogens is 3. The maximum Gasteiger partial charge on any atom is 0.239 e. The highest BCUT2D eigenvalue weighted by Gasteiger charge is 2.25. The summed E-state index contributed by atoms with van der Waals surface area (Å²) in [6, 6.07) is 8.57. The first-order valence-corrected chi connectivity index (χ1v) is 10.8. The number of nitrogens with zero attached hydrogens (tertiary/aromatic N) is 3. The summed E-state index contributed by atoms with van der Waals surface area (Å²) in [6.45, 7) is 0. The molecule has 8 heteroatoms. The fourth-order valence-corrected chi connectivity index (χ4v) is 5.26. The number of benzene rings is 2. The van der Waals surface area contributed by atoms with E-state index in [9.17, 15) is 8.28 Å². The van der Waals surface area contributed by atoms with Gasteiger partial charge in [-0.1, -0.05) is 12.1 Å². The molecule has 2 aromatic carbocycles. The maximum atomic E-state index is 13.5. The van der Waals surface area contributed by atoms with Crippen molar-refractivity contribution < 1.29 is 8.28 Å². The predicted octanol–water partition coefficient (Wildman–Crippen LogP) is 5.67. The number of hydrogen-bond donors (Lipinski definition) is 1. The van der Waals surface area contributed by atoms with Crippen LogP contribution in [0.15, 0.2) is 40.4 Å². The Morgan fingerprint density at radius 2 is 1.75 bits per heavy atom. The third-order valence-corrected chi connectivity index (χ3v) is 6.57. The van der Waals surface area contributed by atoms with E-state index in [0.29, 0.717) is 16.0 Å². The van der Waals surface area contributed by atoms with Crippen LogP contribution >= 0.6 is 24.1 Å². The molecule has 0 bridgehead atoms. The Balaban J connectivity index is 1.49. The summed E-state index contributed by atoms with van der Waals surface area (Å²) in [6.07, 6.45) is 6.57. The normalized spacial score (nSPS) is 14.9. The summed E-state index contributed by atoms with van der Waals surface area (Å²) in [5.74, 6) is 0.0406. The molecular weight excluding hydrogens is 398 g/mol. The van der Waals surface area contributed by atoms with Gasteiger partial charge in [-0.05, 0) is 90.7 Å². The Morgan fingerprint density at radius 1 is 1.00 bits per heavy atom. The van der Waals surface area contributed by atoms with E-state index in [1.807, 2.05) is 0 Å². The summed E-state index contributed by atoms with van der Waals surface area (Å²) in [4.78, 5) is 5.15. The molecule has 4 nitrogen and oxygen atoms in total. The average molecular weight is 417 g/mol. The van der Waals surface area contributed by atoms with Crippen molar-refractivity contribution in [1.29, 1.82) is 0 Å². The van der Waals surface area contributed by atoms with Crippen molar-refractivity contribution >= 4 is 35.7 Å². The van der Waals surface area contributed by atoms with Gasteiger partial charge in [0.25, 0.3) is 0 Å². The van der Waals surface area contributed by atoms with E-state index in [2.05, 4.69) is 21.5 Å². The number of nitrogens with one attached hydrogen (secondary N) is 1. The summed E-state index contributed by atoms with van der Waals surface area (Å²) < 4.78 is 28.1. The second-order valence-corrected chi connectivity index (χ2v) is 8.60. The molecule has 28 heavy (non-hydrogen) atoms. The average Bonchev–Trinajstić information content (AvgIpc) is 3.41. The Morgan fingerprint density at radius 3 is 2.43 bits per heavy atom. The van der Waals surface area contributed by atoms with Crippen LogP contribution < -0.4 is 5.32 Å². The first-order valence-electron chi connectivity index (χ1n) is 9.34. The zero-order valence-electron chi connectivity index (χ0n) is 15.0. The van der Waals surface area contributed by atoms with Crippen molar-refractivity contribution in [1.82, 2.24) is 14.2 Å². The Bertz CT molecular complexity index is 1020. The van der Waals surface area contributed by atoms with Crippen LogP contribution in [0.5, 0.6) is 0 Å². The highest BCUT2D eigenvalue weighted by Crippen LogP contribution is 2.40. The van der Waals surface area contributed by atoms with Crippen molar-refractivity contribution in [2.75, 3.05) is 5.32 Å². The lowest BCUT2D eigenvalue weighted by atomic mass is 9.99. The van der Waals surface area contributed by atoms with Gasteiger partial charge in [-0.25, -0.2) is 4.39 Å². The van der Waals surface area contributed by atoms with Crippen LogP contribution in [-0.4, -0.2) is 14.2 Å². The van der Waals surface area contributed by atoms with Crippen LogP contribution in [0.25, 0.3) is 0 Å². The fourth-order valence-electron chi connectivity index (χ4n) is 4.16. The molecule has 3 aromatic rings.